The monoisotopic (exact) mass is 238 g/mol. The lowest BCUT2D eigenvalue weighted by Gasteiger charge is -2.13. The van der Waals surface area contributed by atoms with Crippen LogP contribution in [0.5, 0.6) is 0 Å². The number of rotatable bonds is 4. The van der Waals surface area contributed by atoms with Gasteiger partial charge >= 0.3 is 0 Å². The Morgan fingerprint density at radius 3 is 2.78 bits per heavy atom. The van der Waals surface area contributed by atoms with Gasteiger partial charge in [-0.25, -0.2) is 4.98 Å². The van der Waals surface area contributed by atoms with Gasteiger partial charge in [0.1, 0.15) is 11.8 Å². The van der Waals surface area contributed by atoms with E-state index in [4.69, 9.17) is 11.0 Å². The zero-order chi connectivity index (χ0) is 12.8. The van der Waals surface area contributed by atoms with E-state index in [1.807, 2.05) is 42.5 Å². The van der Waals surface area contributed by atoms with E-state index in [1.54, 1.807) is 12.3 Å². The van der Waals surface area contributed by atoms with Crippen LogP contribution in [-0.4, -0.2) is 11.5 Å². The van der Waals surface area contributed by atoms with Crippen LogP contribution in [0.4, 0.5) is 5.69 Å². The van der Waals surface area contributed by atoms with Crippen LogP contribution in [0.15, 0.2) is 48.7 Å². The number of benzene rings is 1. The predicted molar refractivity (Wildman–Crippen MR) is 70.8 cm³/mol. The zero-order valence-corrected chi connectivity index (χ0v) is 9.88. The molecule has 2 aromatic rings. The molecule has 90 valence electrons. The molecule has 0 radical (unpaired) electrons. The van der Waals surface area contributed by atoms with Crippen LogP contribution >= 0.6 is 0 Å². The van der Waals surface area contributed by atoms with Gasteiger partial charge in [0, 0.05) is 24.5 Å². The summed E-state index contributed by atoms with van der Waals surface area (Å²) in [6, 6.07) is 15.3. The lowest BCUT2D eigenvalue weighted by Crippen LogP contribution is -2.20. The number of hydrogen-bond donors (Lipinski definition) is 2. The van der Waals surface area contributed by atoms with E-state index in [-0.39, 0.29) is 6.04 Å². The fourth-order valence-electron chi connectivity index (χ4n) is 1.65. The molecule has 4 heteroatoms. The van der Waals surface area contributed by atoms with Crippen LogP contribution in [-0.2, 0) is 0 Å². The molecule has 0 saturated heterocycles. The van der Waals surface area contributed by atoms with Crippen molar-refractivity contribution in [3.05, 3.63) is 59.9 Å². The lowest BCUT2D eigenvalue weighted by atomic mass is 10.1. The van der Waals surface area contributed by atoms with Crippen LogP contribution in [0.3, 0.4) is 0 Å². The molecule has 0 saturated carbocycles. The van der Waals surface area contributed by atoms with E-state index < -0.39 is 0 Å². The molecule has 1 aromatic heterocycles. The fourth-order valence-corrected chi connectivity index (χ4v) is 1.65. The lowest BCUT2D eigenvalue weighted by molar-refractivity contribution is 0.764. The van der Waals surface area contributed by atoms with Gasteiger partial charge in [-0.3, -0.25) is 0 Å². The summed E-state index contributed by atoms with van der Waals surface area (Å²) in [6.45, 7) is 0.610. The van der Waals surface area contributed by atoms with E-state index in [9.17, 15) is 0 Å². The van der Waals surface area contributed by atoms with Crippen molar-refractivity contribution in [2.24, 2.45) is 5.73 Å². The molecule has 2 rings (SSSR count). The van der Waals surface area contributed by atoms with Gasteiger partial charge < -0.3 is 11.1 Å². The number of anilines is 1. The van der Waals surface area contributed by atoms with Gasteiger partial charge in [-0.05, 0) is 17.7 Å². The highest BCUT2D eigenvalue weighted by atomic mass is 14.9. The highest BCUT2D eigenvalue weighted by Crippen LogP contribution is 2.12. The zero-order valence-electron chi connectivity index (χ0n) is 9.88. The van der Waals surface area contributed by atoms with E-state index in [2.05, 4.69) is 10.3 Å². The average molecular weight is 238 g/mol. The molecule has 0 aliphatic rings. The number of nitriles is 1. The van der Waals surface area contributed by atoms with Crippen molar-refractivity contribution < 1.29 is 0 Å². The van der Waals surface area contributed by atoms with Crippen molar-refractivity contribution in [1.82, 2.24) is 4.98 Å². The third kappa shape index (κ3) is 3.06. The van der Waals surface area contributed by atoms with Crippen LogP contribution < -0.4 is 11.1 Å². The fraction of sp³-hybridized carbons (Fsp3) is 0.143. The Labute approximate surface area is 106 Å². The normalized spacial score (nSPS) is 11.6. The first-order chi connectivity index (χ1) is 8.79. The molecule has 0 bridgehead atoms. The summed E-state index contributed by atoms with van der Waals surface area (Å²) < 4.78 is 0. The third-order valence-electron chi connectivity index (χ3n) is 2.63. The molecule has 18 heavy (non-hydrogen) atoms. The molecule has 1 unspecified atom stereocenters. The summed E-state index contributed by atoms with van der Waals surface area (Å²) in [5, 5.41) is 12.0. The van der Waals surface area contributed by atoms with E-state index in [0.717, 1.165) is 11.3 Å². The topological polar surface area (TPSA) is 74.7 Å². The molecule has 1 aromatic carbocycles. The Balaban J connectivity index is 1.97. The molecule has 0 aliphatic heterocycles. The van der Waals surface area contributed by atoms with Crippen molar-refractivity contribution in [3.63, 3.8) is 0 Å². The van der Waals surface area contributed by atoms with Crippen LogP contribution in [0.25, 0.3) is 0 Å². The summed E-state index contributed by atoms with van der Waals surface area (Å²) in [7, 11) is 0. The highest BCUT2D eigenvalue weighted by Gasteiger charge is 2.04. The molecule has 0 spiro atoms. The first kappa shape index (κ1) is 12.1. The molecule has 0 aliphatic carbocycles. The summed E-state index contributed by atoms with van der Waals surface area (Å²) in [4.78, 5) is 3.91. The van der Waals surface area contributed by atoms with Crippen LogP contribution in [0, 0.1) is 11.3 Å². The minimum absolute atomic E-state index is 0.0788. The summed E-state index contributed by atoms with van der Waals surface area (Å²) in [5.74, 6) is 0. The van der Waals surface area contributed by atoms with Gasteiger partial charge in [-0.1, -0.05) is 30.3 Å². The van der Waals surface area contributed by atoms with E-state index in [1.165, 1.54) is 0 Å². The first-order valence-electron chi connectivity index (χ1n) is 5.70. The second kappa shape index (κ2) is 5.80. The number of hydrogen-bond acceptors (Lipinski definition) is 4. The van der Waals surface area contributed by atoms with Crippen LogP contribution in [0.2, 0.25) is 0 Å². The smallest absolute Gasteiger partial charge is 0.142 e. The average Bonchev–Trinajstić information content (AvgIpc) is 2.46. The van der Waals surface area contributed by atoms with Crippen molar-refractivity contribution in [2.75, 3.05) is 11.9 Å². The number of nitrogens with one attached hydrogen (secondary N) is 1. The Morgan fingerprint density at radius 1 is 1.28 bits per heavy atom. The van der Waals surface area contributed by atoms with Gasteiger partial charge in [0.2, 0.25) is 0 Å². The molecule has 0 fully saturated rings. The maximum Gasteiger partial charge on any atom is 0.142 e. The van der Waals surface area contributed by atoms with Gasteiger partial charge in [-0.2, -0.15) is 5.26 Å². The SMILES string of the molecule is N#Cc1cc(NCC(N)c2ccccc2)ccn1. The Hall–Kier alpha value is -2.38. The van der Waals surface area contributed by atoms with Gasteiger partial charge in [-0.15, -0.1) is 0 Å². The maximum absolute atomic E-state index is 8.75. The Kier molecular flexibility index (Phi) is 3.90. The third-order valence-corrected chi connectivity index (χ3v) is 2.63. The second-order valence-electron chi connectivity index (χ2n) is 3.94. The second-order valence-corrected chi connectivity index (χ2v) is 3.94. The largest absolute Gasteiger partial charge is 0.383 e. The van der Waals surface area contributed by atoms with Crippen LogP contribution in [0.1, 0.15) is 17.3 Å². The number of nitrogens with zero attached hydrogens (tertiary/aromatic N) is 2. The highest BCUT2D eigenvalue weighted by molar-refractivity contribution is 5.46. The van der Waals surface area contributed by atoms with Crippen molar-refractivity contribution in [3.8, 4) is 6.07 Å². The number of pyridine rings is 1. The summed E-state index contributed by atoms with van der Waals surface area (Å²) in [5.41, 5.74) is 8.40. The predicted octanol–water partition coefficient (Wildman–Crippen LogP) is 2.07. The molecule has 1 atom stereocenters. The molecule has 1 heterocycles. The van der Waals surface area contributed by atoms with Gasteiger partial charge in [0.05, 0.1) is 0 Å². The molecule has 4 nitrogen and oxygen atoms in total. The molecule has 0 amide bonds. The quantitative estimate of drug-likeness (QED) is 0.855. The minimum Gasteiger partial charge on any atom is -0.383 e. The van der Waals surface area contributed by atoms with Gasteiger partial charge in [0.25, 0.3) is 0 Å². The number of nitrogens with two attached hydrogens (primary N) is 1. The molecule has 3 N–H and O–H groups in total. The standard InChI is InChI=1S/C14H14N4/c15-9-13-8-12(6-7-17-13)18-10-14(16)11-4-2-1-3-5-11/h1-8,14H,10,16H2,(H,17,18). The van der Waals surface area contributed by atoms with Gasteiger partial charge in [0.15, 0.2) is 0 Å². The number of aromatic nitrogens is 1. The summed E-state index contributed by atoms with van der Waals surface area (Å²) in [6.07, 6.45) is 1.61. The Bertz CT molecular complexity index is 545. The minimum atomic E-state index is -0.0788. The Morgan fingerprint density at radius 2 is 2.06 bits per heavy atom. The van der Waals surface area contributed by atoms with Crippen molar-refractivity contribution in [1.29, 1.82) is 5.26 Å². The first-order valence-corrected chi connectivity index (χ1v) is 5.70. The molecular formula is C14H14N4. The maximum atomic E-state index is 8.75. The van der Waals surface area contributed by atoms with Crippen molar-refractivity contribution in [2.45, 2.75) is 6.04 Å². The van der Waals surface area contributed by atoms with E-state index in [0.29, 0.717) is 12.2 Å². The summed E-state index contributed by atoms with van der Waals surface area (Å²) >= 11 is 0. The van der Waals surface area contributed by atoms with Crippen molar-refractivity contribution >= 4 is 5.69 Å². The molecular weight excluding hydrogens is 224 g/mol. The van der Waals surface area contributed by atoms with E-state index >= 15 is 0 Å².